The van der Waals surface area contributed by atoms with Gasteiger partial charge in [-0.2, -0.15) is 0 Å². The van der Waals surface area contributed by atoms with Gasteiger partial charge in [0, 0.05) is 6.04 Å². The molecule has 2 N–H and O–H groups in total. The van der Waals surface area contributed by atoms with E-state index in [0.29, 0.717) is 5.92 Å². The van der Waals surface area contributed by atoms with Crippen molar-refractivity contribution >= 4 is 17.7 Å². The number of rotatable bonds is 6. The largest absolute Gasteiger partial charge is 0.469 e. The SMILES string of the molecule is COC(=O)CC(=O)C(C(=O)OC(C)(C)C)C(N)C1CCC(C)CC1. The molecule has 0 spiro atoms. The van der Waals surface area contributed by atoms with E-state index in [9.17, 15) is 14.4 Å². The first-order valence-corrected chi connectivity index (χ1v) is 8.63. The van der Waals surface area contributed by atoms with E-state index < -0.39 is 41.7 Å². The Morgan fingerprint density at radius 1 is 1.12 bits per heavy atom. The summed E-state index contributed by atoms with van der Waals surface area (Å²) in [4.78, 5) is 36.5. The lowest BCUT2D eigenvalue weighted by Gasteiger charge is -2.34. The number of Topliss-reactive ketones (excluding diaryl/α,β-unsaturated/α-hetero) is 1. The van der Waals surface area contributed by atoms with Gasteiger partial charge in [0.2, 0.25) is 0 Å². The molecular weight excluding hydrogens is 310 g/mol. The molecule has 1 saturated carbocycles. The second-order valence-corrected chi connectivity index (χ2v) is 7.83. The normalized spacial score (nSPS) is 23.9. The predicted octanol–water partition coefficient (Wildman–Crippen LogP) is 2.23. The molecule has 24 heavy (non-hydrogen) atoms. The topological polar surface area (TPSA) is 95.7 Å². The zero-order chi connectivity index (χ0) is 18.5. The van der Waals surface area contributed by atoms with E-state index in [4.69, 9.17) is 10.5 Å². The number of esters is 2. The highest BCUT2D eigenvalue weighted by Crippen LogP contribution is 2.33. The molecule has 1 rings (SSSR count). The highest BCUT2D eigenvalue weighted by Gasteiger charge is 2.40. The molecule has 0 heterocycles. The summed E-state index contributed by atoms with van der Waals surface area (Å²) in [6.07, 6.45) is 3.37. The van der Waals surface area contributed by atoms with E-state index in [1.807, 2.05) is 0 Å². The second-order valence-electron chi connectivity index (χ2n) is 7.83. The minimum Gasteiger partial charge on any atom is -0.469 e. The van der Waals surface area contributed by atoms with Crippen molar-refractivity contribution in [2.24, 2.45) is 23.5 Å². The van der Waals surface area contributed by atoms with Crippen LogP contribution >= 0.6 is 0 Å². The van der Waals surface area contributed by atoms with Gasteiger partial charge in [0.1, 0.15) is 17.9 Å². The molecule has 0 aromatic carbocycles. The van der Waals surface area contributed by atoms with Gasteiger partial charge < -0.3 is 15.2 Å². The van der Waals surface area contributed by atoms with Crippen molar-refractivity contribution in [2.75, 3.05) is 7.11 Å². The average molecular weight is 341 g/mol. The number of hydrogen-bond donors (Lipinski definition) is 1. The van der Waals surface area contributed by atoms with Gasteiger partial charge >= 0.3 is 11.9 Å². The van der Waals surface area contributed by atoms with Crippen molar-refractivity contribution in [2.45, 2.75) is 71.4 Å². The van der Waals surface area contributed by atoms with Crippen molar-refractivity contribution < 1.29 is 23.9 Å². The molecule has 0 radical (unpaired) electrons. The maximum Gasteiger partial charge on any atom is 0.318 e. The van der Waals surface area contributed by atoms with E-state index in [2.05, 4.69) is 11.7 Å². The summed E-state index contributed by atoms with van der Waals surface area (Å²) >= 11 is 0. The van der Waals surface area contributed by atoms with Crippen molar-refractivity contribution in [1.82, 2.24) is 0 Å². The van der Waals surface area contributed by atoms with Crippen LogP contribution < -0.4 is 5.73 Å². The Morgan fingerprint density at radius 3 is 2.12 bits per heavy atom. The van der Waals surface area contributed by atoms with Crippen molar-refractivity contribution in [1.29, 1.82) is 0 Å². The molecule has 0 saturated heterocycles. The molecule has 0 aliphatic heterocycles. The van der Waals surface area contributed by atoms with Gasteiger partial charge in [-0.3, -0.25) is 14.4 Å². The molecule has 0 aromatic rings. The zero-order valence-corrected chi connectivity index (χ0v) is 15.5. The molecule has 0 bridgehead atoms. The van der Waals surface area contributed by atoms with Crippen LogP contribution in [-0.2, 0) is 23.9 Å². The standard InChI is InChI=1S/C18H31NO5/c1-11-6-8-12(9-7-11)16(19)15(13(20)10-14(21)23-5)17(22)24-18(2,3)4/h11-12,15-16H,6-10,19H2,1-5H3. The van der Waals surface area contributed by atoms with Gasteiger partial charge in [-0.25, -0.2) is 0 Å². The lowest BCUT2D eigenvalue weighted by molar-refractivity contribution is -0.164. The summed E-state index contributed by atoms with van der Waals surface area (Å²) in [5.41, 5.74) is 5.58. The number of ether oxygens (including phenoxy) is 2. The Hall–Kier alpha value is -1.43. The minimum absolute atomic E-state index is 0.0836. The van der Waals surface area contributed by atoms with Gasteiger partial charge in [0.05, 0.1) is 7.11 Å². The molecule has 6 nitrogen and oxygen atoms in total. The number of ketones is 1. The smallest absolute Gasteiger partial charge is 0.318 e. The third kappa shape index (κ3) is 6.23. The van der Waals surface area contributed by atoms with Crippen LogP contribution in [-0.4, -0.2) is 36.5 Å². The van der Waals surface area contributed by atoms with Crippen LogP contribution in [0.5, 0.6) is 0 Å². The quantitative estimate of drug-likeness (QED) is 0.588. The molecule has 2 atom stereocenters. The Balaban J connectivity index is 2.92. The van der Waals surface area contributed by atoms with Crippen LogP contribution in [0.2, 0.25) is 0 Å². The molecule has 2 unspecified atom stereocenters. The lowest BCUT2D eigenvalue weighted by atomic mass is 9.74. The third-order valence-corrected chi connectivity index (χ3v) is 4.54. The van der Waals surface area contributed by atoms with Crippen LogP contribution in [0, 0.1) is 17.8 Å². The Morgan fingerprint density at radius 2 is 1.67 bits per heavy atom. The van der Waals surface area contributed by atoms with Crippen molar-refractivity contribution in [3.8, 4) is 0 Å². The fraction of sp³-hybridized carbons (Fsp3) is 0.833. The van der Waals surface area contributed by atoms with Gasteiger partial charge in [0.15, 0.2) is 5.78 Å². The number of carbonyl (C=O) groups excluding carboxylic acids is 3. The van der Waals surface area contributed by atoms with Crippen LogP contribution in [0.25, 0.3) is 0 Å². The zero-order valence-electron chi connectivity index (χ0n) is 15.5. The highest BCUT2D eigenvalue weighted by molar-refractivity contribution is 6.06. The molecule has 1 aliphatic rings. The van der Waals surface area contributed by atoms with Crippen LogP contribution in [0.1, 0.15) is 59.8 Å². The molecule has 1 aliphatic carbocycles. The van der Waals surface area contributed by atoms with Crippen LogP contribution in [0.3, 0.4) is 0 Å². The summed E-state index contributed by atoms with van der Waals surface area (Å²) in [6.45, 7) is 7.40. The van der Waals surface area contributed by atoms with E-state index in [1.165, 1.54) is 7.11 Å². The van der Waals surface area contributed by atoms with Gasteiger partial charge in [-0.15, -0.1) is 0 Å². The van der Waals surface area contributed by atoms with Crippen LogP contribution in [0.4, 0.5) is 0 Å². The molecule has 0 aromatic heterocycles. The summed E-state index contributed by atoms with van der Waals surface area (Å²) in [5, 5.41) is 0. The summed E-state index contributed by atoms with van der Waals surface area (Å²) in [5.74, 6) is -2.25. The Kier molecular flexibility index (Phi) is 7.39. The number of nitrogens with two attached hydrogens (primary N) is 1. The molecule has 138 valence electrons. The van der Waals surface area contributed by atoms with E-state index in [0.717, 1.165) is 25.7 Å². The lowest BCUT2D eigenvalue weighted by Crippen LogP contribution is -2.49. The van der Waals surface area contributed by atoms with E-state index in [1.54, 1.807) is 20.8 Å². The monoisotopic (exact) mass is 341 g/mol. The Labute approximate surface area is 144 Å². The maximum absolute atomic E-state index is 12.5. The number of hydrogen-bond acceptors (Lipinski definition) is 6. The minimum atomic E-state index is -1.12. The summed E-state index contributed by atoms with van der Waals surface area (Å²) < 4.78 is 9.92. The van der Waals surface area contributed by atoms with Crippen molar-refractivity contribution in [3.63, 3.8) is 0 Å². The fourth-order valence-corrected chi connectivity index (χ4v) is 3.14. The molecule has 1 fully saturated rings. The van der Waals surface area contributed by atoms with Crippen LogP contribution in [0.15, 0.2) is 0 Å². The van der Waals surface area contributed by atoms with E-state index >= 15 is 0 Å². The number of methoxy groups -OCH3 is 1. The average Bonchev–Trinajstić information content (AvgIpc) is 2.45. The van der Waals surface area contributed by atoms with Crippen molar-refractivity contribution in [3.05, 3.63) is 0 Å². The second kappa shape index (κ2) is 8.60. The summed E-state index contributed by atoms with van der Waals surface area (Å²) in [7, 11) is 1.21. The first-order chi connectivity index (χ1) is 11.0. The Bertz CT molecular complexity index is 461. The van der Waals surface area contributed by atoms with Gasteiger partial charge in [-0.05, 0) is 45.4 Å². The number of carbonyl (C=O) groups is 3. The molecular formula is C18H31NO5. The van der Waals surface area contributed by atoms with E-state index in [-0.39, 0.29) is 5.92 Å². The predicted molar refractivity (Wildman–Crippen MR) is 90.1 cm³/mol. The van der Waals surface area contributed by atoms with Gasteiger partial charge in [-0.1, -0.05) is 19.8 Å². The first-order valence-electron chi connectivity index (χ1n) is 8.63. The fourth-order valence-electron chi connectivity index (χ4n) is 3.14. The highest BCUT2D eigenvalue weighted by atomic mass is 16.6. The van der Waals surface area contributed by atoms with Gasteiger partial charge in [0.25, 0.3) is 0 Å². The molecule has 6 heteroatoms. The first kappa shape index (κ1) is 20.6. The summed E-state index contributed by atoms with van der Waals surface area (Å²) in [6, 6.07) is -0.635. The molecule has 0 amide bonds. The third-order valence-electron chi connectivity index (χ3n) is 4.54. The maximum atomic E-state index is 12.5.